The number of carbonyl (C=O) groups excluding carboxylic acids is 1. The predicted octanol–water partition coefficient (Wildman–Crippen LogP) is 9.59. The molecular weight excluding hydrogens is 1010 g/mol. The average molecular weight is 1060 g/mol. The predicted molar refractivity (Wildman–Crippen MR) is 276 cm³/mol. The SMILES string of the molecule is C=CC(=O)Cc1cccc(C)c1Nc1ncc2nc(-c3c(Cl)c(OC)cc(OC)c3Cl)c(=O)n(C)c2n1.COc1cc(OC)c(Cl)c(-c2nc3cnc(Cc4c(C)cccc4[N+](=O)[O-])nc3n(C)c2=O)c1Cl. The first kappa shape index (κ1) is 52.1. The number of rotatable bonds is 14. The Hall–Kier alpha value is -7.71. The highest BCUT2D eigenvalue weighted by Gasteiger charge is 2.26. The van der Waals surface area contributed by atoms with Crippen molar-refractivity contribution in [1.82, 2.24) is 39.0 Å². The maximum atomic E-state index is 13.4. The lowest BCUT2D eigenvalue weighted by molar-refractivity contribution is -0.385. The number of nitrogens with one attached hydrogen (secondary N) is 1. The van der Waals surface area contributed by atoms with Crippen molar-refractivity contribution in [3.8, 4) is 45.5 Å². The number of aromatic nitrogens is 8. The number of ether oxygens (including phenoxy) is 4. The minimum Gasteiger partial charge on any atom is -0.495 e. The number of hydrogen-bond acceptors (Lipinski definition) is 16. The van der Waals surface area contributed by atoms with Gasteiger partial charge in [0.1, 0.15) is 51.2 Å². The van der Waals surface area contributed by atoms with Crippen LogP contribution in [0.1, 0.15) is 28.1 Å². The molecule has 23 heteroatoms. The Morgan fingerprint density at radius 2 is 1.19 bits per heavy atom. The van der Waals surface area contributed by atoms with Crippen LogP contribution in [-0.2, 0) is 31.7 Å². The smallest absolute Gasteiger partial charge is 0.278 e. The molecule has 4 aromatic heterocycles. The average Bonchev–Trinajstić information content (AvgIpc) is 3.36. The molecule has 0 saturated heterocycles. The highest BCUT2D eigenvalue weighted by atomic mass is 35.5. The molecule has 0 spiro atoms. The van der Waals surface area contributed by atoms with Gasteiger partial charge in [-0.2, -0.15) is 4.98 Å². The number of hydrogen-bond donors (Lipinski definition) is 1. The molecule has 8 aromatic rings. The fourth-order valence-electron chi connectivity index (χ4n) is 7.60. The van der Waals surface area contributed by atoms with Gasteiger partial charge in [-0.05, 0) is 36.6 Å². The Bertz CT molecular complexity index is 3590. The van der Waals surface area contributed by atoms with Gasteiger partial charge in [-0.1, -0.05) is 83.3 Å². The topological polar surface area (TPSA) is 230 Å². The van der Waals surface area contributed by atoms with Gasteiger partial charge in [-0.25, -0.2) is 24.9 Å². The zero-order valence-electron chi connectivity index (χ0n) is 39.7. The van der Waals surface area contributed by atoms with Crippen molar-refractivity contribution in [2.75, 3.05) is 33.8 Å². The van der Waals surface area contributed by atoms with Gasteiger partial charge < -0.3 is 24.3 Å². The number of allylic oxidation sites excluding steroid dienone is 1. The van der Waals surface area contributed by atoms with Crippen molar-refractivity contribution in [2.45, 2.75) is 26.7 Å². The van der Waals surface area contributed by atoms with Gasteiger partial charge in [0, 0.05) is 56.4 Å². The molecule has 8 rings (SSSR count). The highest BCUT2D eigenvalue weighted by Crippen LogP contribution is 2.46. The summed E-state index contributed by atoms with van der Waals surface area (Å²) in [5.74, 6) is 1.51. The van der Waals surface area contributed by atoms with E-state index in [1.165, 1.54) is 81.3 Å². The first-order valence-corrected chi connectivity index (χ1v) is 22.8. The van der Waals surface area contributed by atoms with E-state index in [4.69, 9.17) is 65.4 Å². The van der Waals surface area contributed by atoms with Gasteiger partial charge in [0.2, 0.25) is 5.95 Å². The van der Waals surface area contributed by atoms with Crippen LogP contribution in [0.4, 0.5) is 17.3 Å². The van der Waals surface area contributed by atoms with E-state index in [9.17, 15) is 24.5 Å². The Morgan fingerprint density at radius 3 is 1.68 bits per heavy atom. The second kappa shape index (κ2) is 21.7. The fraction of sp³-hybridized carbons (Fsp3) is 0.204. The first-order valence-electron chi connectivity index (χ1n) is 21.3. The van der Waals surface area contributed by atoms with Gasteiger partial charge in [0.25, 0.3) is 16.8 Å². The summed E-state index contributed by atoms with van der Waals surface area (Å²) < 4.78 is 23.9. The van der Waals surface area contributed by atoms with Gasteiger partial charge in [0.05, 0.1) is 77.0 Å². The van der Waals surface area contributed by atoms with E-state index in [0.29, 0.717) is 28.1 Å². The van der Waals surface area contributed by atoms with Crippen LogP contribution in [-0.4, -0.2) is 78.2 Å². The molecule has 0 fully saturated rings. The van der Waals surface area contributed by atoms with E-state index in [1.807, 2.05) is 25.1 Å². The van der Waals surface area contributed by atoms with Crippen LogP contribution in [0.25, 0.3) is 44.8 Å². The van der Waals surface area contributed by atoms with Crippen molar-refractivity contribution in [3.05, 3.63) is 153 Å². The molecule has 0 unspecified atom stereocenters. The molecule has 0 amide bonds. The van der Waals surface area contributed by atoms with Crippen LogP contribution in [0.2, 0.25) is 20.1 Å². The van der Waals surface area contributed by atoms with Crippen LogP contribution >= 0.6 is 46.4 Å². The number of aryl methyl sites for hydroxylation is 4. The molecule has 4 heterocycles. The summed E-state index contributed by atoms with van der Waals surface area (Å²) in [5, 5.41) is 15.1. The molecule has 0 bridgehead atoms. The molecule has 370 valence electrons. The highest BCUT2D eigenvalue weighted by molar-refractivity contribution is 6.41. The third-order valence-corrected chi connectivity index (χ3v) is 12.9. The van der Waals surface area contributed by atoms with Crippen LogP contribution in [0.3, 0.4) is 0 Å². The number of methoxy groups -OCH3 is 4. The quantitative estimate of drug-likeness (QED) is 0.0607. The lowest BCUT2D eigenvalue weighted by atomic mass is 10.0. The number of halogens is 4. The molecule has 0 aliphatic carbocycles. The maximum absolute atomic E-state index is 13.4. The number of fused-ring (bicyclic) bond motifs is 2. The van der Waals surface area contributed by atoms with Crippen molar-refractivity contribution in [1.29, 1.82) is 0 Å². The van der Waals surface area contributed by atoms with E-state index < -0.39 is 16.0 Å². The van der Waals surface area contributed by atoms with Crippen molar-refractivity contribution in [2.24, 2.45) is 14.1 Å². The molecule has 4 aromatic carbocycles. The summed E-state index contributed by atoms with van der Waals surface area (Å²) in [5.41, 5.74) is 4.07. The summed E-state index contributed by atoms with van der Waals surface area (Å²) in [6.45, 7) is 7.23. The molecule has 1 N–H and O–H groups in total. The van der Waals surface area contributed by atoms with Gasteiger partial charge in [-0.3, -0.25) is 33.6 Å². The Morgan fingerprint density at radius 1 is 0.722 bits per heavy atom. The summed E-state index contributed by atoms with van der Waals surface area (Å²) in [6, 6.07) is 13.5. The number of benzene rings is 4. The summed E-state index contributed by atoms with van der Waals surface area (Å²) in [4.78, 5) is 76.3. The lowest BCUT2D eigenvalue weighted by Gasteiger charge is -2.16. The van der Waals surface area contributed by atoms with E-state index >= 15 is 0 Å². The van der Waals surface area contributed by atoms with Gasteiger partial charge in [-0.15, -0.1) is 0 Å². The molecular formula is C49H42Cl4N10O9. The third-order valence-electron chi connectivity index (χ3n) is 11.4. The van der Waals surface area contributed by atoms with Crippen molar-refractivity contribution in [3.63, 3.8) is 0 Å². The molecule has 0 aliphatic rings. The minimum absolute atomic E-state index is 0.00404. The lowest BCUT2D eigenvalue weighted by Crippen LogP contribution is -2.22. The number of anilines is 2. The fourth-order valence-corrected chi connectivity index (χ4v) is 8.96. The van der Waals surface area contributed by atoms with E-state index in [2.05, 4.69) is 41.8 Å². The summed E-state index contributed by atoms with van der Waals surface area (Å²) in [7, 11) is 8.84. The van der Waals surface area contributed by atoms with Crippen LogP contribution in [0.5, 0.6) is 23.0 Å². The first-order chi connectivity index (χ1) is 34.4. The summed E-state index contributed by atoms with van der Waals surface area (Å²) in [6.07, 6.45) is 4.51. The Kier molecular flexibility index (Phi) is 15.7. The molecule has 0 saturated carbocycles. The van der Waals surface area contributed by atoms with Crippen molar-refractivity contribution < 1.29 is 28.7 Å². The largest absolute Gasteiger partial charge is 0.495 e. The number of ketones is 1. The second-order valence-electron chi connectivity index (χ2n) is 15.7. The van der Waals surface area contributed by atoms with E-state index in [0.717, 1.165) is 16.7 Å². The van der Waals surface area contributed by atoms with Crippen LogP contribution in [0.15, 0.2) is 83.2 Å². The maximum Gasteiger partial charge on any atom is 0.278 e. The number of nitro groups is 1. The Labute approximate surface area is 430 Å². The minimum atomic E-state index is -0.511. The Balaban J connectivity index is 0.000000212. The molecule has 0 radical (unpaired) electrons. The van der Waals surface area contributed by atoms with Gasteiger partial charge in [0.15, 0.2) is 17.1 Å². The normalized spacial score (nSPS) is 10.9. The zero-order chi connectivity index (χ0) is 52.3. The van der Waals surface area contributed by atoms with Crippen LogP contribution < -0.4 is 35.4 Å². The standard InChI is InChI=1S/C26H23Cl2N5O4.C23H19Cl2N5O5/c1-6-15(34)10-14-9-7-8-13(2)22(14)31-26-29-12-16-24(32-26)33(3)25(35)23(30-16)19-20(27)17(36-4)11-18(37-5)21(19)28;1-11-6-5-7-14(30(32)33)12(11)8-17-26-10-13-22(28-17)29(2)23(31)21(27-13)18-19(24)15(34-3)9-16(35-4)20(18)25/h6-9,11-12H,1,10H2,2-5H3,(H,29,31,32);5-7,9-10H,8H2,1-4H3. The van der Waals surface area contributed by atoms with E-state index in [1.54, 1.807) is 26.1 Å². The molecule has 0 atom stereocenters. The third kappa shape index (κ3) is 10.1. The van der Waals surface area contributed by atoms with Crippen LogP contribution in [0, 0.1) is 24.0 Å². The van der Waals surface area contributed by atoms with Crippen molar-refractivity contribution >= 4 is 91.8 Å². The molecule has 72 heavy (non-hydrogen) atoms. The summed E-state index contributed by atoms with van der Waals surface area (Å²) >= 11 is 26.0. The zero-order valence-corrected chi connectivity index (χ0v) is 42.7. The monoisotopic (exact) mass is 1050 g/mol. The van der Waals surface area contributed by atoms with E-state index in [-0.39, 0.29) is 107 Å². The number of carbonyl (C=O) groups is 1. The number of nitro benzene ring substituents is 1. The number of para-hydroxylation sites is 1. The second-order valence-corrected chi connectivity index (χ2v) is 17.2. The number of nitrogens with zero attached hydrogens (tertiary/aromatic N) is 9. The van der Waals surface area contributed by atoms with Gasteiger partial charge >= 0.3 is 0 Å². The molecule has 19 nitrogen and oxygen atoms in total. The molecule has 0 aliphatic heterocycles.